The maximum Gasteiger partial charge on any atom is 0.255 e. The Bertz CT molecular complexity index is 1040. The van der Waals surface area contributed by atoms with Gasteiger partial charge >= 0.3 is 0 Å². The summed E-state index contributed by atoms with van der Waals surface area (Å²) in [6.07, 6.45) is 0.632. The third kappa shape index (κ3) is 2.98. The molecule has 1 unspecified atom stereocenters. The topological polar surface area (TPSA) is 108 Å². The summed E-state index contributed by atoms with van der Waals surface area (Å²) < 4.78 is 1.90. The summed E-state index contributed by atoms with van der Waals surface area (Å²) in [7, 11) is 1.95. The van der Waals surface area contributed by atoms with Gasteiger partial charge in [0.05, 0.1) is 5.69 Å². The van der Waals surface area contributed by atoms with Crippen molar-refractivity contribution in [2.75, 3.05) is 5.32 Å². The van der Waals surface area contributed by atoms with Gasteiger partial charge < -0.3 is 15.5 Å². The van der Waals surface area contributed by atoms with Crippen molar-refractivity contribution in [3.63, 3.8) is 0 Å². The fraction of sp³-hybridized carbons (Fsp3) is 0.400. The van der Waals surface area contributed by atoms with Crippen molar-refractivity contribution in [1.29, 1.82) is 0 Å². The van der Waals surface area contributed by atoms with Crippen molar-refractivity contribution >= 4 is 23.5 Å². The lowest BCUT2D eigenvalue weighted by Crippen LogP contribution is -2.52. The summed E-state index contributed by atoms with van der Waals surface area (Å²) in [6, 6.07) is 5.18. The number of nitrogens with one attached hydrogen (secondary N) is 3. The smallest absolute Gasteiger partial charge is 0.255 e. The number of aromatic nitrogens is 2. The number of carbonyl (C=O) groups excluding carboxylic acids is 3. The van der Waals surface area contributed by atoms with Crippen molar-refractivity contribution in [1.82, 2.24) is 25.3 Å². The normalized spacial score (nSPS) is 20.7. The number of amides is 3. The molecule has 0 spiro atoms. The van der Waals surface area contributed by atoms with Crippen LogP contribution in [0.4, 0.5) is 5.82 Å². The number of hydrogen-bond acceptors (Lipinski definition) is 6. The molecule has 9 nitrogen and oxygen atoms in total. The number of piperidine rings is 1. The Balaban J connectivity index is 1.31. The van der Waals surface area contributed by atoms with Crippen LogP contribution in [0.3, 0.4) is 0 Å². The van der Waals surface area contributed by atoms with Crippen molar-refractivity contribution in [2.45, 2.75) is 45.1 Å². The molecule has 3 N–H and O–H groups in total. The number of rotatable bonds is 4. The maximum atomic E-state index is 12.8. The number of nitrogens with zero attached hydrogens (tertiary/aromatic N) is 3. The molecule has 3 aliphatic heterocycles. The van der Waals surface area contributed by atoms with Gasteiger partial charge in [-0.3, -0.25) is 24.4 Å². The Morgan fingerprint density at radius 1 is 1.24 bits per heavy atom. The first-order valence-corrected chi connectivity index (χ1v) is 9.77. The lowest BCUT2D eigenvalue weighted by Gasteiger charge is -2.29. The Labute approximate surface area is 167 Å². The Morgan fingerprint density at radius 3 is 2.93 bits per heavy atom. The van der Waals surface area contributed by atoms with Gasteiger partial charge in [0.2, 0.25) is 11.8 Å². The molecule has 29 heavy (non-hydrogen) atoms. The SMILES string of the molecule is Cn1nc(NCc2ccc3c(c2)CN(C2CCC(=O)NC2=O)C3=O)c2c1CNC2. The third-order valence-electron chi connectivity index (χ3n) is 5.92. The predicted molar refractivity (Wildman–Crippen MR) is 104 cm³/mol. The molecule has 1 aromatic carbocycles. The van der Waals surface area contributed by atoms with E-state index in [-0.39, 0.29) is 24.1 Å². The monoisotopic (exact) mass is 394 g/mol. The molecular weight excluding hydrogens is 372 g/mol. The number of hydrogen-bond donors (Lipinski definition) is 3. The molecule has 0 saturated carbocycles. The fourth-order valence-electron chi connectivity index (χ4n) is 4.38. The molecule has 0 bridgehead atoms. The molecule has 150 valence electrons. The molecule has 1 fully saturated rings. The van der Waals surface area contributed by atoms with E-state index in [1.807, 2.05) is 29.9 Å². The lowest BCUT2D eigenvalue weighted by atomic mass is 10.0. The van der Waals surface area contributed by atoms with Crippen LogP contribution in [0.1, 0.15) is 45.6 Å². The minimum absolute atomic E-state index is 0.150. The van der Waals surface area contributed by atoms with Crippen LogP contribution in [0.5, 0.6) is 0 Å². The standard InChI is InChI=1S/C20H22N6O3/c1-25-16-9-21-8-14(16)18(24-25)22-7-11-2-3-13-12(6-11)10-26(20(13)29)15-4-5-17(27)23-19(15)28/h2-3,6,15,21H,4-5,7-10H2,1H3,(H,22,24)(H,23,27,28). The minimum Gasteiger partial charge on any atom is -0.364 e. The highest BCUT2D eigenvalue weighted by Gasteiger charge is 2.39. The number of carbonyl (C=O) groups is 3. The average Bonchev–Trinajstić information content (AvgIpc) is 3.37. The van der Waals surface area contributed by atoms with Crippen molar-refractivity contribution < 1.29 is 14.4 Å². The molecule has 0 aliphatic carbocycles. The highest BCUT2D eigenvalue weighted by atomic mass is 16.2. The quantitative estimate of drug-likeness (QED) is 0.648. The Hall–Kier alpha value is -3.20. The molecule has 0 radical (unpaired) electrons. The van der Waals surface area contributed by atoms with Gasteiger partial charge in [0.25, 0.3) is 5.91 Å². The van der Waals surface area contributed by atoms with Crippen molar-refractivity contribution in [3.8, 4) is 0 Å². The second-order valence-corrected chi connectivity index (χ2v) is 7.75. The van der Waals surface area contributed by atoms with Crippen LogP contribution < -0.4 is 16.0 Å². The van der Waals surface area contributed by atoms with Crippen LogP contribution in [0, 0.1) is 0 Å². The minimum atomic E-state index is -0.585. The molecular formula is C20H22N6O3. The number of imide groups is 1. The first-order chi connectivity index (χ1) is 14.0. The summed E-state index contributed by atoms with van der Waals surface area (Å²) in [5.74, 6) is 0.0683. The van der Waals surface area contributed by atoms with E-state index < -0.39 is 6.04 Å². The van der Waals surface area contributed by atoms with E-state index in [0.29, 0.717) is 25.1 Å². The average molecular weight is 394 g/mol. The Morgan fingerprint density at radius 2 is 2.10 bits per heavy atom. The van der Waals surface area contributed by atoms with Gasteiger partial charge in [-0.1, -0.05) is 12.1 Å². The van der Waals surface area contributed by atoms with E-state index in [1.165, 1.54) is 11.3 Å². The number of anilines is 1. The second kappa shape index (κ2) is 6.70. The zero-order valence-electron chi connectivity index (χ0n) is 16.1. The maximum absolute atomic E-state index is 12.8. The van der Waals surface area contributed by atoms with Gasteiger partial charge in [-0.25, -0.2) is 0 Å². The molecule has 9 heteroatoms. The summed E-state index contributed by atoms with van der Waals surface area (Å²) in [6.45, 7) is 2.63. The van der Waals surface area contributed by atoms with Gasteiger partial charge in [0.1, 0.15) is 6.04 Å². The van der Waals surface area contributed by atoms with E-state index in [2.05, 4.69) is 21.0 Å². The van der Waals surface area contributed by atoms with E-state index in [4.69, 9.17) is 0 Å². The first-order valence-electron chi connectivity index (χ1n) is 9.77. The van der Waals surface area contributed by atoms with Gasteiger partial charge in [-0.05, 0) is 23.6 Å². The molecule has 4 heterocycles. The van der Waals surface area contributed by atoms with Crippen LogP contribution in [0.25, 0.3) is 0 Å². The number of aryl methyl sites for hydroxylation is 1. The molecule has 5 rings (SSSR count). The largest absolute Gasteiger partial charge is 0.364 e. The molecule has 1 aromatic heterocycles. The van der Waals surface area contributed by atoms with Crippen LogP contribution >= 0.6 is 0 Å². The van der Waals surface area contributed by atoms with Crippen LogP contribution in [0.15, 0.2) is 18.2 Å². The van der Waals surface area contributed by atoms with Gasteiger partial charge in [0.15, 0.2) is 5.82 Å². The summed E-state index contributed by atoms with van der Waals surface area (Å²) in [4.78, 5) is 37.9. The zero-order valence-corrected chi connectivity index (χ0v) is 16.1. The molecule has 2 aromatic rings. The molecule has 3 amide bonds. The summed E-state index contributed by atoms with van der Waals surface area (Å²) in [5.41, 5.74) is 4.99. The van der Waals surface area contributed by atoms with Crippen molar-refractivity contribution in [3.05, 3.63) is 46.1 Å². The van der Waals surface area contributed by atoms with E-state index in [0.717, 1.165) is 30.0 Å². The van der Waals surface area contributed by atoms with Crippen LogP contribution in [0.2, 0.25) is 0 Å². The summed E-state index contributed by atoms with van der Waals surface area (Å²) in [5, 5.41) is 13.6. The lowest BCUT2D eigenvalue weighted by molar-refractivity contribution is -0.136. The van der Waals surface area contributed by atoms with Crippen LogP contribution in [-0.4, -0.2) is 38.4 Å². The van der Waals surface area contributed by atoms with Gasteiger partial charge in [0, 0.05) is 50.8 Å². The Kier molecular flexibility index (Phi) is 4.13. The third-order valence-corrected chi connectivity index (χ3v) is 5.92. The van der Waals surface area contributed by atoms with E-state index >= 15 is 0 Å². The highest BCUT2D eigenvalue weighted by Crippen LogP contribution is 2.29. The van der Waals surface area contributed by atoms with Crippen molar-refractivity contribution in [2.24, 2.45) is 7.05 Å². The molecule has 1 saturated heterocycles. The molecule has 3 aliphatic rings. The van der Waals surface area contributed by atoms with Gasteiger partial charge in [-0.2, -0.15) is 5.10 Å². The number of benzene rings is 1. The predicted octanol–water partition coefficient (Wildman–Crippen LogP) is 0.396. The second-order valence-electron chi connectivity index (χ2n) is 7.75. The van der Waals surface area contributed by atoms with Gasteiger partial charge in [-0.15, -0.1) is 0 Å². The molecule has 1 atom stereocenters. The highest BCUT2D eigenvalue weighted by molar-refractivity contribution is 6.05. The zero-order chi connectivity index (χ0) is 20.1. The van der Waals surface area contributed by atoms with Crippen LogP contribution in [-0.2, 0) is 42.8 Å². The summed E-state index contributed by atoms with van der Waals surface area (Å²) >= 11 is 0. The fourth-order valence-corrected chi connectivity index (χ4v) is 4.38. The van der Waals surface area contributed by atoms with E-state index in [1.54, 1.807) is 4.90 Å². The van der Waals surface area contributed by atoms with E-state index in [9.17, 15) is 14.4 Å². The number of fused-ring (bicyclic) bond motifs is 2. The first kappa shape index (κ1) is 17.9.